The van der Waals surface area contributed by atoms with Gasteiger partial charge in [-0.3, -0.25) is 4.98 Å². The second-order valence-electron chi connectivity index (χ2n) is 3.09. The molecule has 0 saturated heterocycles. The van der Waals surface area contributed by atoms with Crippen LogP contribution in [0.2, 0.25) is 0 Å². The van der Waals surface area contributed by atoms with Crippen molar-refractivity contribution in [3.05, 3.63) is 35.8 Å². The molecule has 0 bridgehead atoms. The molecule has 1 aromatic carbocycles. The first-order chi connectivity index (χ1) is 6.16. The Kier molecular flexibility index (Phi) is 1.65. The number of anilines is 1. The van der Waals surface area contributed by atoms with Gasteiger partial charge in [-0.1, -0.05) is 0 Å². The lowest BCUT2D eigenvalue weighted by Gasteiger charge is -2.01. The molecule has 0 aliphatic carbocycles. The van der Waals surface area contributed by atoms with Gasteiger partial charge in [0.05, 0.1) is 11.9 Å². The summed E-state index contributed by atoms with van der Waals surface area (Å²) in [5.41, 5.74) is 7.34. The predicted octanol–water partition coefficient (Wildman–Crippen LogP) is 2.26. The average molecular weight is 176 g/mol. The summed E-state index contributed by atoms with van der Waals surface area (Å²) in [6, 6.07) is 5.05. The molecule has 13 heavy (non-hydrogen) atoms. The number of aryl methyl sites for hydroxylation is 1. The van der Waals surface area contributed by atoms with Crippen molar-refractivity contribution in [2.24, 2.45) is 0 Å². The predicted molar refractivity (Wildman–Crippen MR) is 50.9 cm³/mol. The summed E-state index contributed by atoms with van der Waals surface area (Å²) in [7, 11) is 0. The fourth-order valence-corrected chi connectivity index (χ4v) is 1.36. The lowest BCUT2D eigenvalue weighted by molar-refractivity contribution is 0.636. The van der Waals surface area contributed by atoms with Gasteiger partial charge in [-0.15, -0.1) is 0 Å². The van der Waals surface area contributed by atoms with E-state index in [1.54, 1.807) is 6.07 Å². The number of hydrogen-bond donors (Lipinski definition) is 1. The number of pyridine rings is 1. The van der Waals surface area contributed by atoms with E-state index in [-0.39, 0.29) is 5.82 Å². The highest BCUT2D eigenvalue weighted by atomic mass is 19.1. The standard InChI is InChI=1S/C10H9FN2/c1-6-2-7-4-8(12)5-13-10(7)9(11)3-6/h2-5H,12H2,1H3. The maximum absolute atomic E-state index is 13.3. The number of hydrogen-bond acceptors (Lipinski definition) is 2. The van der Waals surface area contributed by atoms with Gasteiger partial charge in [0.15, 0.2) is 0 Å². The van der Waals surface area contributed by atoms with Crippen LogP contribution in [0.25, 0.3) is 10.9 Å². The first kappa shape index (κ1) is 7.98. The van der Waals surface area contributed by atoms with Gasteiger partial charge in [0.2, 0.25) is 0 Å². The fourth-order valence-electron chi connectivity index (χ4n) is 1.36. The average Bonchev–Trinajstić information content (AvgIpc) is 2.02. The van der Waals surface area contributed by atoms with Gasteiger partial charge < -0.3 is 5.73 Å². The van der Waals surface area contributed by atoms with Crippen LogP contribution < -0.4 is 5.73 Å². The van der Waals surface area contributed by atoms with Gasteiger partial charge in [0.25, 0.3) is 0 Å². The van der Waals surface area contributed by atoms with Gasteiger partial charge in [0.1, 0.15) is 11.3 Å². The maximum Gasteiger partial charge on any atom is 0.149 e. The molecule has 0 aliphatic heterocycles. The van der Waals surface area contributed by atoms with Gasteiger partial charge in [-0.05, 0) is 30.7 Å². The molecule has 2 aromatic rings. The van der Waals surface area contributed by atoms with Crippen LogP contribution in [0.5, 0.6) is 0 Å². The zero-order chi connectivity index (χ0) is 9.42. The first-order valence-electron chi connectivity index (χ1n) is 3.98. The second kappa shape index (κ2) is 2.69. The van der Waals surface area contributed by atoms with Crippen molar-refractivity contribution in [2.75, 3.05) is 5.73 Å². The Bertz CT molecular complexity index is 460. The molecule has 0 saturated carbocycles. The van der Waals surface area contributed by atoms with Crippen molar-refractivity contribution in [1.82, 2.24) is 4.98 Å². The Labute approximate surface area is 75.2 Å². The lowest BCUT2D eigenvalue weighted by Crippen LogP contribution is -1.90. The van der Waals surface area contributed by atoms with Crippen LogP contribution in [0.3, 0.4) is 0 Å². The Morgan fingerprint density at radius 3 is 2.85 bits per heavy atom. The van der Waals surface area contributed by atoms with Crippen molar-refractivity contribution >= 4 is 16.6 Å². The summed E-state index contributed by atoms with van der Waals surface area (Å²) in [6.07, 6.45) is 1.46. The summed E-state index contributed by atoms with van der Waals surface area (Å²) in [5, 5.41) is 0.748. The Balaban J connectivity index is 2.86. The smallest absolute Gasteiger partial charge is 0.149 e. The quantitative estimate of drug-likeness (QED) is 0.668. The first-order valence-corrected chi connectivity index (χ1v) is 3.98. The topological polar surface area (TPSA) is 38.9 Å². The zero-order valence-corrected chi connectivity index (χ0v) is 7.21. The minimum atomic E-state index is -0.296. The molecule has 1 aromatic heterocycles. The van der Waals surface area contributed by atoms with Gasteiger partial charge in [-0.2, -0.15) is 0 Å². The molecule has 0 spiro atoms. The highest BCUT2D eigenvalue weighted by Gasteiger charge is 2.02. The molecule has 2 nitrogen and oxygen atoms in total. The van der Waals surface area contributed by atoms with Crippen molar-refractivity contribution in [2.45, 2.75) is 6.92 Å². The molecule has 1 heterocycles. The fraction of sp³-hybridized carbons (Fsp3) is 0.100. The van der Waals surface area contributed by atoms with E-state index < -0.39 is 0 Å². The minimum Gasteiger partial charge on any atom is -0.397 e. The highest BCUT2D eigenvalue weighted by molar-refractivity contribution is 5.82. The highest BCUT2D eigenvalue weighted by Crippen LogP contribution is 2.19. The molecule has 2 rings (SSSR count). The third kappa shape index (κ3) is 1.33. The summed E-state index contributed by atoms with van der Waals surface area (Å²) in [5.74, 6) is -0.296. The van der Waals surface area contributed by atoms with Crippen LogP contribution in [0.1, 0.15) is 5.56 Å². The molecule has 0 unspecified atom stereocenters. The SMILES string of the molecule is Cc1cc(F)c2ncc(N)cc2c1. The molecule has 2 N–H and O–H groups in total. The molecule has 66 valence electrons. The summed E-state index contributed by atoms with van der Waals surface area (Å²) in [4.78, 5) is 3.92. The van der Waals surface area contributed by atoms with E-state index >= 15 is 0 Å². The Morgan fingerprint density at radius 2 is 2.08 bits per heavy atom. The summed E-state index contributed by atoms with van der Waals surface area (Å²) in [6.45, 7) is 1.84. The number of halogens is 1. The van der Waals surface area contributed by atoms with Crippen LogP contribution in [0.15, 0.2) is 24.4 Å². The number of rotatable bonds is 0. The van der Waals surface area contributed by atoms with E-state index in [1.165, 1.54) is 12.3 Å². The minimum absolute atomic E-state index is 0.296. The van der Waals surface area contributed by atoms with Crippen LogP contribution in [-0.2, 0) is 0 Å². The van der Waals surface area contributed by atoms with Gasteiger partial charge >= 0.3 is 0 Å². The van der Waals surface area contributed by atoms with Gasteiger partial charge in [0, 0.05) is 5.39 Å². The Hall–Kier alpha value is -1.64. The Morgan fingerprint density at radius 1 is 1.31 bits per heavy atom. The van der Waals surface area contributed by atoms with E-state index in [0.29, 0.717) is 11.2 Å². The van der Waals surface area contributed by atoms with Crippen molar-refractivity contribution in [1.29, 1.82) is 0 Å². The van der Waals surface area contributed by atoms with Crippen molar-refractivity contribution in [3.63, 3.8) is 0 Å². The number of nitrogens with zero attached hydrogens (tertiary/aromatic N) is 1. The van der Waals surface area contributed by atoms with E-state index in [2.05, 4.69) is 4.98 Å². The third-order valence-corrected chi connectivity index (χ3v) is 1.90. The zero-order valence-electron chi connectivity index (χ0n) is 7.21. The molecular formula is C10H9FN2. The number of benzene rings is 1. The monoisotopic (exact) mass is 176 g/mol. The van der Waals surface area contributed by atoms with Crippen molar-refractivity contribution < 1.29 is 4.39 Å². The number of fused-ring (bicyclic) bond motifs is 1. The molecule has 0 atom stereocenters. The molecule has 0 fully saturated rings. The number of nitrogen functional groups attached to an aromatic ring is 1. The van der Waals surface area contributed by atoms with Crippen molar-refractivity contribution in [3.8, 4) is 0 Å². The maximum atomic E-state index is 13.3. The van der Waals surface area contributed by atoms with Gasteiger partial charge in [-0.25, -0.2) is 4.39 Å². The van der Waals surface area contributed by atoms with E-state index in [9.17, 15) is 4.39 Å². The molecule has 0 aliphatic rings. The second-order valence-corrected chi connectivity index (χ2v) is 3.09. The summed E-state index contributed by atoms with van der Waals surface area (Å²) < 4.78 is 13.3. The lowest BCUT2D eigenvalue weighted by atomic mass is 10.1. The van der Waals surface area contributed by atoms with Crippen LogP contribution in [0, 0.1) is 12.7 Å². The molecule has 3 heteroatoms. The van der Waals surface area contributed by atoms with Crippen LogP contribution >= 0.6 is 0 Å². The molecule has 0 amide bonds. The van der Waals surface area contributed by atoms with E-state index in [1.807, 2.05) is 13.0 Å². The number of nitrogens with two attached hydrogens (primary N) is 1. The molecule has 0 radical (unpaired) electrons. The summed E-state index contributed by atoms with van der Waals surface area (Å²) >= 11 is 0. The largest absolute Gasteiger partial charge is 0.397 e. The van der Waals surface area contributed by atoms with E-state index in [0.717, 1.165) is 10.9 Å². The van der Waals surface area contributed by atoms with Crippen LogP contribution in [-0.4, -0.2) is 4.98 Å². The van der Waals surface area contributed by atoms with E-state index in [4.69, 9.17) is 5.73 Å². The van der Waals surface area contributed by atoms with Crippen LogP contribution in [0.4, 0.5) is 10.1 Å². The molecular weight excluding hydrogens is 167 g/mol. The normalized spacial score (nSPS) is 10.6. The third-order valence-electron chi connectivity index (χ3n) is 1.90. The number of aromatic nitrogens is 1.